The third-order valence-corrected chi connectivity index (χ3v) is 9.40. The van der Waals surface area contributed by atoms with E-state index in [4.69, 9.17) is 14.4 Å². The topological polar surface area (TPSA) is 184 Å². The van der Waals surface area contributed by atoms with E-state index in [-0.39, 0.29) is 31.2 Å². The highest BCUT2D eigenvalue weighted by molar-refractivity contribution is 7.47. The molecule has 2 aliphatic rings. The second-order valence-corrected chi connectivity index (χ2v) is 13.6. The van der Waals surface area contributed by atoms with Crippen LogP contribution < -0.4 is 10.6 Å². The molecule has 3 amide bonds. The van der Waals surface area contributed by atoms with E-state index in [2.05, 4.69) is 39.4 Å². The molecule has 49 heavy (non-hydrogen) atoms. The van der Waals surface area contributed by atoms with Crippen LogP contribution in [0.4, 0.5) is 4.79 Å². The number of phosphoric ester groups is 1. The molecule has 1 fully saturated rings. The highest BCUT2D eigenvalue weighted by atomic mass is 31.2. The van der Waals surface area contributed by atoms with Crippen LogP contribution >= 0.6 is 7.82 Å². The second-order valence-electron chi connectivity index (χ2n) is 12.2. The van der Waals surface area contributed by atoms with Gasteiger partial charge in [0, 0.05) is 50.9 Å². The molecular formula is C35H48N3O10P. The molecule has 1 aliphatic carbocycles. The maximum absolute atomic E-state index is 12.7. The van der Waals surface area contributed by atoms with E-state index in [1.54, 1.807) is 0 Å². The number of alkyl carbamates (subject to hydrolysis) is 1. The standard InChI is InChI=1S/C35H48N3O10P/c39-21-22-46-49(44,45)48-34-24-29(40)25-38(34)33(42)16-4-2-9-19-36-32(41)15-3-1-10-20-37-35(43)47-31-23-28-13-6-5-11-26(28)17-18-27-12-7-8-14-30(27)31/h5-8,11-14,17-18,29,31,34,39-40H,1-4,9-10,15-16,19-25H2,(H,36,41)(H,37,43)(H,44,45)/b18-17-/t29-,31?,34-/m1/s1. The van der Waals surface area contributed by atoms with Crippen molar-refractivity contribution < 1.29 is 47.8 Å². The number of hydrogen-bond acceptors (Lipinski definition) is 9. The van der Waals surface area contributed by atoms with Crippen molar-refractivity contribution in [3.63, 3.8) is 0 Å². The normalized spacial score (nSPS) is 20.2. The summed E-state index contributed by atoms with van der Waals surface area (Å²) in [4.78, 5) is 48.6. The van der Waals surface area contributed by atoms with Crippen molar-refractivity contribution in [3.05, 3.63) is 70.8 Å². The number of nitrogens with zero attached hydrogens (tertiary/aromatic N) is 1. The van der Waals surface area contributed by atoms with Crippen molar-refractivity contribution >= 4 is 37.9 Å². The number of aliphatic hydroxyl groups excluding tert-OH is 2. The summed E-state index contributed by atoms with van der Waals surface area (Å²) in [6, 6.07) is 16.0. The molecule has 1 heterocycles. The van der Waals surface area contributed by atoms with Crippen LogP contribution in [0.1, 0.15) is 86.1 Å². The van der Waals surface area contributed by atoms with Crippen molar-refractivity contribution in [2.45, 2.75) is 82.6 Å². The van der Waals surface area contributed by atoms with Crippen molar-refractivity contribution in [1.82, 2.24) is 15.5 Å². The monoisotopic (exact) mass is 701 g/mol. The Kier molecular flexibility index (Phi) is 15.3. The van der Waals surface area contributed by atoms with Gasteiger partial charge in [0.05, 0.1) is 19.3 Å². The first-order valence-corrected chi connectivity index (χ1v) is 18.4. The van der Waals surface area contributed by atoms with Gasteiger partial charge in [0.2, 0.25) is 11.8 Å². The Balaban J connectivity index is 1.04. The molecule has 2 aromatic carbocycles. The Hall–Kier alpha value is -3.58. The first-order valence-electron chi connectivity index (χ1n) is 17.0. The molecule has 4 atom stereocenters. The average Bonchev–Trinajstić information content (AvgIpc) is 3.44. The summed E-state index contributed by atoms with van der Waals surface area (Å²) in [5, 5.41) is 24.5. The van der Waals surface area contributed by atoms with E-state index in [0.717, 1.165) is 28.7 Å². The minimum atomic E-state index is -4.48. The van der Waals surface area contributed by atoms with Crippen molar-refractivity contribution in [1.29, 1.82) is 0 Å². The highest BCUT2D eigenvalue weighted by Crippen LogP contribution is 2.46. The highest BCUT2D eigenvalue weighted by Gasteiger charge is 2.39. The number of nitrogens with one attached hydrogen (secondary N) is 2. The van der Waals surface area contributed by atoms with Crippen LogP contribution in [0, 0.1) is 0 Å². The van der Waals surface area contributed by atoms with E-state index in [1.807, 2.05) is 36.4 Å². The lowest BCUT2D eigenvalue weighted by Gasteiger charge is -2.25. The third kappa shape index (κ3) is 12.7. The van der Waals surface area contributed by atoms with Gasteiger partial charge in [0.1, 0.15) is 12.3 Å². The van der Waals surface area contributed by atoms with Crippen LogP contribution in [0.2, 0.25) is 0 Å². The van der Waals surface area contributed by atoms with Crippen LogP contribution in [0.25, 0.3) is 12.2 Å². The number of phosphoric acid groups is 1. The summed E-state index contributed by atoms with van der Waals surface area (Å²) in [5.41, 5.74) is 4.21. The SMILES string of the molecule is O=C(CCCCCNC(=O)OC1Cc2ccccc2/C=C\c2ccccc21)NCCCCCC(=O)N1C[C@H](O)C[C@H]1OP(=O)(O)OCCO. The van der Waals surface area contributed by atoms with Gasteiger partial charge in [-0.3, -0.25) is 18.6 Å². The predicted molar refractivity (Wildman–Crippen MR) is 183 cm³/mol. The number of amides is 3. The molecule has 14 heteroatoms. The Bertz CT molecular complexity index is 1470. The Morgan fingerprint density at radius 2 is 1.55 bits per heavy atom. The number of carbonyl (C=O) groups is 3. The van der Waals surface area contributed by atoms with Crippen molar-refractivity contribution in [3.8, 4) is 0 Å². The van der Waals surface area contributed by atoms with Gasteiger partial charge in [-0.15, -0.1) is 0 Å². The van der Waals surface area contributed by atoms with Crippen LogP contribution in [0.3, 0.4) is 0 Å². The molecule has 1 aliphatic heterocycles. The van der Waals surface area contributed by atoms with Gasteiger partial charge in [0.15, 0.2) is 0 Å². The fourth-order valence-corrected chi connectivity index (χ4v) is 6.78. The first kappa shape index (κ1) is 38.2. The minimum Gasteiger partial charge on any atom is -0.441 e. The van der Waals surface area contributed by atoms with Crippen LogP contribution in [0.15, 0.2) is 48.5 Å². The van der Waals surface area contributed by atoms with Crippen molar-refractivity contribution in [2.75, 3.05) is 32.8 Å². The van der Waals surface area contributed by atoms with Gasteiger partial charge >= 0.3 is 13.9 Å². The quantitative estimate of drug-likeness (QED) is 0.110. The van der Waals surface area contributed by atoms with Gasteiger partial charge in [-0.25, -0.2) is 9.36 Å². The first-order chi connectivity index (χ1) is 23.6. The van der Waals surface area contributed by atoms with Gasteiger partial charge in [-0.05, 0) is 42.4 Å². The average molecular weight is 702 g/mol. The maximum atomic E-state index is 12.7. The maximum Gasteiger partial charge on any atom is 0.474 e. The largest absolute Gasteiger partial charge is 0.474 e. The summed E-state index contributed by atoms with van der Waals surface area (Å²) in [6.45, 7) is 0.0603. The summed E-state index contributed by atoms with van der Waals surface area (Å²) >= 11 is 0. The zero-order valence-corrected chi connectivity index (χ0v) is 28.6. The van der Waals surface area contributed by atoms with E-state index in [1.165, 1.54) is 4.90 Å². The molecular weight excluding hydrogens is 653 g/mol. The Morgan fingerprint density at radius 1 is 0.878 bits per heavy atom. The molecule has 2 unspecified atom stereocenters. The third-order valence-electron chi connectivity index (χ3n) is 8.38. The van der Waals surface area contributed by atoms with Gasteiger partial charge in [0.25, 0.3) is 0 Å². The van der Waals surface area contributed by atoms with E-state index in [0.29, 0.717) is 58.0 Å². The van der Waals surface area contributed by atoms with Crippen LogP contribution in [0.5, 0.6) is 0 Å². The fourth-order valence-electron chi connectivity index (χ4n) is 5.90. The molecule has 13 nitrogen and oxygen atoms in total. The van der Waals surface area contributed by atoms with Gasteiger partial charge in [-0.2, -0.15) is 0 Å². The van der Waals surface area contributed by atoms with Gasteiger partial charge < -0.3 is 35.4 Å². The zero-order valence-electron chi connectivity index (χ0n) is 27.7. The fraction of sp³-hybridized carbons (Fsp3) is 0.514. The lowest BCUT2D eigenvalue weighted by atomic mass is 9.91. The second kappa shape index (κ2) is 19.6. The molecule has 0 aromatic heterocycles. The molecule has 268 valence electrons. The lowest BCUT2D eigenvalue weighted by molar-refractivity contribution is -0.137. The number of fused-ring (bicyclic) bond motifs is 2. The Morgan fingerprint density at radius 3 is 2.33 bits per heavy atom. The summed E-state index contributed by atoms with van der Waals surface area (Å²) in [6.07, 6.45) is 6.48. The number of unbranched alkanes of at least 4 members (excludes halogenated alkanes) is 4. The molecule has 0 bridgehead atoms. The molecule has 0 saturated carbocycles. The molecule has 4 rings (SSSR count). The molecule has 5 N–H and O–H groups in total. The molecule has 1 saturated heterocycles. The summed E-state index contributed by atoms with van der Waals surface area (Å²) < 4.78 is 27.5. The Labute approximate surface area is 287 Å². The molecule has 2 aromatic rings. The van der Waals surface area contributed by atoms with E-state index in [9.17, 15) is 28.9 Å². The number of aliphatic hydroxyl groups is 2. The van der Waals surface area contributed by atoms with Crippen LogP contribution in [-0.4, -0.2) is 83.1 Å². The van der Waals surface area contributed by atoms with E-state index >= 15 is 0 Å². The number of likely N-dealkylation sites (tertiary alicyclic amines) is 1. The summed E-state index contributed by atoms with van der Waals surface area (Å²) in [5.74, 6) is -0.368. The molecule has 0 radical (unpaired) electrons. The smallest absolute Gasteiger partial charge is 0.441 e. The number of β-amino-alcohol motifs (C(OH)–C–C–N with tert-alkyl or cyclic N) is 1. The molecule has 0 spiro atoms. The number of benzene rings is 2. The van der Waals surface area contributed by atoms with Crippen LogP contribution in [-0.2, 0) is 34.4 Å². The van der Waals surface area contributed by atoms with Gasteiger partial charge in [-0.1, -0.05) is 73.5 Å². The number of ether oxygens (including phenoxy) is 1. The lowest BCUT2D eigenvalue weighted by Crippen LogP contribution is -2.37. The van der Waals surface area contributed by atoms with E-state index < -0.39 is 45.6 Å². The van der Waals surface area contributed by atoms with Crippen molar-refractivity contribution in [2.24, 2.45) is 0 Å². The zero-order chi connectivity index (χ0) is 35.1. The number of rotatable bonds is 18. The number of hydrogen-bond donors (Lipinski definition) is 5. The predicted octanol–water partition coefficient (Wildman–Crippen LogP) is 4.46. The number of carbonyl (C=O) groups excluding carboxylic acids is 3. The summed E-state index contributed by atoms with van der Waals surface area (Å²) in [7, 11) is -4.48. The minimum absolute atomic E-state index is 0.0113.